The third kappa shape index (κ3) is 2.24. The van der Waals surface area contributed by atoms with Gasteiger partial charge in [0.1, 0.15) is 0 Å². The Balaban J connectivity index is 1.75. The van der Waals surface area contributed by atoms with Gasteiger partial charge in [-0.3, -0.25) is 0 Å². The zero-order valence-electron chi connectivity index (χ0n) is 18.4. The summed E-state index contributed by atoms with van der Waals surface area (Å²) < 4.78 is 2.45. The van der Waals surface area contributed by atoms with Crippen LogP contribution in [0.1, 0.15) is 0 Å². The van der Waals surface area contributed by atoms with E-state index in [1.165, 1.54) is 70.8 Å². The van der Waals surface area contributed by atoms with Crippen LogP contribution < -0.4 is 0 Å². The van der Waals surface area contributed by atoms with Crippen LogP contribution in [0.3, 0.4) is 0 Å². The number of aromatic amines is 1. The molecule has 0 spiro atoms. The largest absolute Gasteiger partial charge is 0.354 e. The average molecular weight is 433 g/mol. The number of nitrogens with zero attached hydrogens (tertiary/aromatic N) is 1. The zero-order chi connectivity index (χ0) is 22.2. The van der Waals surface area contributed by atoms with Gasteiger partial charge in [0, 0.05) is 38.1 Å². The Morgan fingerprint density at radius 1 is 0.500 bits per heavy atom. The summed E-state index contributed by atoms with van der Waals surface area (Å²) in [6, 6.07) is 41.6. The fourth-order valence-electron chi connectivity index (χ4n) is 5.84. The van der Waals surface area contributed by atoms with Crippen LogP contribution in [0.4, 0.5) is 0 Å². The van der Waals surface area contributed by atoms with Crippen molar-refractivity contribution in [2.45, 2.75) is 0 Å². The first-order valence-electron chi connectivity index (χ1n) is 11.7. The Morgan fingerprint density at radius 3 is 1.97 bits per heavy atom. The van der Waals surface area contributed by atoms with Crippen molar-refractivity contribution >= 4 is 65.2 Å². The summed E-state index contributed by atoms with van der Waals surface area (Å²) in [7, 11) is 0. The topological polar surface area (TPSA) is 20.7 Å². The van der Waals surface area contributed by atoms with Crippen LogP contribution in [0, 0.1) is 0 Å². The van der Waals surface area contributed by atoms with E-state index in [4.69, 9.17) is 0 Å². The molecule has 0 saturated carbocycles. The van der Waals surface area contributed by atoms with E-state index in [2.05, 4.69) is 125 Å². The van der Waals surface area contributed by atoms with Crippen molar-refractivity contribution in [2.75, 3.05) is 0 Å². The molecule has 0 aliphatic rings. The second-order valence-electron chi connectivity index (χ2n) is 9.08. The Morgan fingerprint density at radius 2 is 1.15 bits per heavy atom. The van der Waals surface area contributed by atoms with Gasteiger partial charge >= 0.3 is 0 Å². The number of para-hydroxylation sites is 2. The Kier molecular flexibility index (Phi) is 3.42. The molecule has 0 unspecified atom stereocenters. The predicted molar refractivity (Wildman–Crippen MR) is 145 cm³/mol. The first kappa shape index (κ1) is 17.9. The van der Waals surface area contributed by atoms with Crippen LogP contribution in [-0.2, 0) is 0 Å². The highest BCUT2D eigenvalue weighted by Gasteiger charge is 2.21. The van der Waals surface area contributed by atoms with Crippen molar-refractivity contribution in [3.8, 4) is 5.69 Å². The molecule has 34 heavy (non-hydrogen) atoms. The molecule has 8 rings (SSSR count). The first-order valence-corrected chi connectivity index (χ1v) is 11.7. The molecule has 2 nitrogen and oxygen atoms in total. The van der Waals surface area contributed by atoms with Gasteiger partial charge in [-0.2, -0.15) is 0 Å². The van der Waals surface area contributed by atoms with Crippen molar-refractivity contribution in [1.82, 2.24) is 9.55 Å². The number of aromatic nitrogens is 2. The molecule has 0 aliphatic carbocycles. The number of nitrogens with one attached hydrogen (secondary N) is 1. The molecule has 8 aromatic rings. The van der Waals surface area contributed by atoms with Crippen LogP contribution >= 0.6 is 0 Å². The summed E-state index contributed by atoms with van der Waals surface area (Å²) in [6.45, 7) is 0. The highest BCUT2D eigenvalue weighted by Crippen LogP contribution is 2.45. The predicted octanol–water partition coefficient (Wildman–Crippen LogP) is 8.72. The summed E-state index contributed by atoms with van der Waals surface area (Å²) in [5, 5.41) is 10.2. The van der Waals surface area contributed by atoms with Gasteiger partial charge in [-0.25, -0.2) is 0 Å². The Bertz CT molecular complexity index is 2060. The van der Waals surface area contributed by atoms with Gasteiger partial charge in [0.2, 0.25) is 0 Å². The molecule has 0 saturated heterocycles. The number of hydrogen-bond donors (Lipinski definition) is 1. The van der Waals surface area contributed by atoms with E-state index in [0.29, 0.717) is 0 Å². The second kappa shape index (κ2) is 6.49. The molecule has 0 aliphatic heterocycles. The van der Waals surface area contributed by atoms with Crippen LogP contribution in [-0.4, -0.2) is 9.55 Å². The maximum absolute atomic E-state index is 3.81. The van der Waals surface area contributed by atoms with E-state index in [1.54, 1.807) is 0 Å². The van der Waals surface area contributed by atoms with Gasteiger partial charge in [-0.05, 0) is 46.5 Å². The average Bonchev–Trinajstić information content (AvgIpc) is 3.44. The fraction of sp³-hybridized carbons (Fsp3) is 0. The number of fused-ring (bicyclic) bond motifs is 11. The van der Waals surface area contributed by atoms with E-state index in [9.17, 15) is 0 Å². The highest BCUT2D eigenvalue weighted by atomic mass is 15.0. The van der Waals surface area contributed by atoms with Crippen molar-refractivity contribution in [3.63, 3.8) is 0 Å². The van der Waals surface area contributed by atoms with Crippen LogP contribution in [0.2, 0.25) is 0 Å². The third-order valence-electron chi connectivity index (χ3n) is 7.26. The minimum Gasteiger partial charge on any atom is -0.354 e. The van der Waals surface area contributed by atoms with E-state index >= 15 is 0 Å². The van der Waals surface area contributed by atoms with Gasteiger partial charge in [-0.1, -0.05) is 84.9 Å². The summed E-state index contributed by atoms with van der Waals surface area (Å²) >= 11 is 0. The lowest BCUT2D eigenvalue weighted by Gasteiger charge is -2.10. The van der Waals surface area contributed by atoms with Crippen molar-refractivity contribution in [3.05, 3.63) is 115 Å². The minimum absolute atomic E-state index is 1.18. The molecule has 2 heterocycles. The van der Waals surface area contributed by atoms with E-state index in [0.717, 1.165) is 0 Å². The van der Waals surface area contributed by atoms with Crippen LogP contribution in [0.5, 0.6) is 0 Å². The fourth-order valence-corrected chi connectivity index (χ4v) is 5.84. The smallest absolute Gasteiger partial charge is 0.0647 e. The summed E-state index contributed by atoms with van der Waals surface area (Å²) in [6.07, 6.45) is 0. The Labute approximate surface area is 195 Å². The van der Waals surface area contributed by atoms with Crippen LogP contribution in [0.25, 0.3) is 70.8 Å². The monoisotopic (exact) mass is 432 g/mol. The van der Waals surface area contributed by atoms with E-state index in [1.807, 2.05) is 0 Å². The highest BCUT2D eigenvalue weighted by molar-refractivity contribution is 6.36. The molecule has 0 amide bonds. The first-order chi connectivity index (χ1) is 16.9. The molecular formula is C32H20N2. The summed E-state index contributed by atoms with van der Waals surface area (Å²) in [5.74, 6) is 0. The molecule has 1 N–H and O–H groups in total. The van der Waals surface area contributed by atoms with E-state index < -0.39 is 0 Å². The van der Waals surface area contributed by atoms with Crippen LogP contribution in [0.15, 0.2) is 115 Å². The number of benzene rings is 6. The lowest BCUT2D eigenvalue weighted by Crippen LogP contribution is -1.94. The van der Waals surface area contributed by atoms with Gasteiger partial charge in [0.25, 0.3) is 0 Å². The van der Waals surface area contributed by atoms with Gasteiger partial charge in [-0.15, -0.1) is 0 Å². The zero-order valence-corrected chi connectivity index (χ0v) is 18.4. The normalized spacial score (nSPS) is 12.1. The number of hydrogen-bond acceptors (Lipinski definition) is 0. The lowest BCUT2D eigenvalue weighted by molar-refractivity contribution is 1.19. The standard InChI is InChI=1S/C32H20N2/c1-2-12-22(13-3-1)34-28-17-9-8-16-25(28)29-23-14-6-7-15-24(23)31-30(32(29)34)26-18-20-10-4-5-11-21(20)19-27(26)33-31/h1-19,33H. The third-order valence-corrected chi connectivity index (χ3v) is 7.26. The minimum atomic E-state index is 1.18. The molecule has 2 aromatic heterocycles. The van der Waals surface area contributed by atoms with Gasteiger partial charge in [0.05, 0.1) is 16.6 Å². The maximum Gasteiger partial charge on any atom is 0.0647 e. The summed E-state index contributed by atoms with van der Waals surface area (Å²) in [5.41, 5.74) is 6.06. The maximum atomic E-state index is 3.81. The van der Waals surface area contributed by atoms with Gasteiger partial charge < -0.3 is 9.55 Å². The van der Waals surface area contributed by atoms with Crippen molar-refractivity contribution in [1.29, 1.82) is 0 Å². The van der Waals surface area contributed by atoms with Crippen molar-refractivity contribution in [2.24, 2.45) is 0 Å². The summed E-state index contributed by atoms with van der Waals surface area (Å²) in [4.78, 5) is 3.81. The molecule has 0 fully saturated rings. The molecule has 158 valence electrons. The second-order valence-corrected chi connectivity index (χ2v) is 9.08. The lowest BCUT2D eigenvalue weighted by atomic mass is 9.98. The molecular weight excluding hydrogens is 412 g/mol. The molecule has 0 bridgehead atoms. The number of rotatable bonds is 1. The molecule has 0 atom stereocenters. The quantitative estimate of drug-likeness (QED) is 0.268. The van der Waals surface area contributed by atoms with E-state index in [-0.39, 0.29) is 0 Å². The SMILES string of the molecule is c1ccc(-n2c3ccccc3c3c4ccccc4c4[nH]c5cc6ccccc6cc5c4c32)cc1. The van der Waals surface area contributed by atoms with Gasteiger partial charge in [0.15, 0.2) is 0 Å². The Hall–Kier alpha value is -4.56. The van der Waals surface area contributed by atoms with Crippen molar-refractivity contribution < 1.29 is 0 Å². The molecule has 0 radical (unpaired) electrons. The number of H-pyrrole nitrogens is 1. The molecule has 2 heteroatoms. The molecule has 6 aromatic carbocycles.